The molecule has 1 aromatic rings. The number of benzene rings is 1. The molecular formula is C15H20F2N2. The van der Waals surface area contributed by atoms with Gasteiger partial charge < -0.3 is 5.73 Å². The predicted octanol–water partition coefficient (Wildman–Crippen LogP) is 2.52. The molecule has 0 radical (unpaired) electrons. The van der Waals surface area contributed by atoms with Crippen molar-refractivity contribution in [1.29, 1.82) is 0 Å². The fourth-order valence-electron chi connectivity index (χ4n) is 3.64. The first kappa shape index (κ1) is 13.0. The zero-order chi connectivity index (χ0) is 13.4. The molecule has 19 heavy (non-hydrogen) atoms. The molecule has 1 saturated heterocycles. The minimum atomic E-state index is -0.371. The molecule has 0 aromatic heterocycles. The van der Waals surface area contributed by atoms with Gasteiger partial charge in [0.05, 0.1) is 0 Å². The van der Waals surface area contributed by atoms with Gasteiger partial charge in [-0.15, -0.1) is 0 Å². The van der Waals surface area contributed by atoms with Gasteiger partial charge in [-0.3, -0.25) is 4.90 Å². The van der Waals surface area contributed by atoms with Crippen LogP contribution in [0.2, 0.25) is 0 Å². The normalized spacial score (nSPS) is 31.4. The second-order valence-electron chi connectivity index (χ2n) is 5.95. The van der Waals surface area contributed by atoms with E-state index in [4.69, 9.17) is 5.73 Å². The third kappa shape index (κ3) is 2.65. The Hall–Kier alpha value is -1.00. The Kier molecular flexibility index (Phi) is 3.54. The summed E-state index contributed by atoms with van der Waals surface area (Å²) in [4.78, 5) is 2.22. The lowest BCUT2D eigenvalue weighted by Crippen LogP contribution is -2.38. The summed E-state index contributed by atoms with van der Waals surface area (Å²) in [5, 5.41) is 0. The third-order valence-corrected chi connectivity index (χ3v) is 4.63. The van der Waals surface area contributed by atoms with Crippen molar-refractivity contribution < 1.29 is 8.78 Å². The Labute approximate surface area is 112 Å². The molecule has 3 rings (SSSR count). The molecule has 2 fully saturated rings. The molecule has 4 heteroatoms. The fraction of sp³-hybridized carbons (Fsp3) is 0.600. The second kappa shape index (κ2) is 5.17. The van der Waals surface area contributed by atoms with Crippen molar-refractivity contribution in [2.45, 2.75) is 31.8 Å². The van der Waals surface area contributed by atoms with Crippen LogP contribution in [-0.4, -0.2) is 24.0 Å². The Balaban J connectivity index is 1.70. The zero-order valence-electron chi connectivity index (χ0n) is 11.0. The van der Waals surface area contributed by atoms with Crippen LogP contribution >= 0.6 is 0 Å². The van der Waals surface area contributed by atoms with Gasteiger partial charge in [0.15, 0.2) is 0 Å². The third-order valence-electron chi connectivity index (χ3n) is 4.63. The largest absolute Gasteiger partial charge is 0.327 e. The van der Waals surface area contributed by atoms with Gasteiger partial charge in [-0.05, 0) is 42.9 Å². The zero-order valence-corrected chi connectivity index (χ0v) is 11.0. The van der Waals surface area contributed by atoms with Crippen LogP contribution in [0.15, 0.2) is 18.2 Å². The maximum atomic E-state index is 13.7. The van der Waals surface area contributed by atoms with Gasteiger partial charge in [-0.2, -0.15) is 0 Å². The number of nitrogens with two attached hydrogens (primary N) is 1. The van der Waals surface area contributed by atoms with Gasteiger partial charge >= 0.3 is 0 Å². The van der Waals surface area contributed by atoms with Crippen LogP contribution in [0.1, 0.15) is 24.8 Å². The molecule has 2 nitrogen and oxygen atoms in total. The van der Waals surface area contributed by atoms with Crippen LogP contribution in [0.4, 0.5) is 8.78 Å². The number of likely N-dealkylation sites (tertiary alicyclic amines) is 1. The van der Waals surface area contributed by atoms with Gasteiger partial charge in [0.2, 0.25) is 0 Å². The predicted molar refractivity (Wildman–Crippen MR) is 70.4 cm³/mol. The number of fused-ring (bicyclic) bond motifs is 1. The number of rotatable bonds is 2. The first-order valence-electron chi connectivity index (χ1n) is 7.05. The van der Waals surface area contributed by atoms with Crippen LogP contribution in [-0.2, 0) is 6.54 Å². The van der Waals surface area contributed by atoms with E-state index in [0.717, 1.165) is 19.5 Å². The molecule has 1 heterocycles. The van der Waals surface area contributed by atoms with Gasteiger partial charge in [-0.25, -0.2) is 8.78 Å². The number of halogens is 2. The Morgan fingerprint density at radius 1 is 1.21 bits per heavy atom. The molecule has 1 saturated carbocycles. The lowest BCUT2D eigenvalue weighted by atomic mass is 9.78. The summed E-state index contributed by atoms with van der Waals surface area (Å²) >= 11 is 0. The maximum Gasteiger partial charge on any atom is 0.127 e. The summed E-state index contributed by atoms with van der Waals surface area (Å²) < 4.78 is 26.8. The van der Waals surface area contributed by atoms with Gasteiger partial charge in [0, 0.05) is 31.2 Å². The molecule has 1 aliphatic carbocycles. The first-order valence-corrected chi connectivity index (χ1v) is 7.05. The number of nitrogens with zero attached hydrogens (tertiary/aromatic N) is 1. The SMILES string of the molecule is NC1CCCC2CN(Cc3cc(F)ccc3F)CC12. The number of hydrogen-bond donors (Lipinski definition) is 1. The molecule has 3 atom stereocenters. The lowest BCUT2D eigenvalue weighted by Gasteiger charge is -2.29. The molecule has 0 amide bonds. The highest BCUT2D eigenvalue weighted by molar-refractivity contribution is 5.19. The van der Waals surface area contributed by atoms with E-state index < -0.39 is 0 Å². The summed E-state index contributed by atoms with van der Waals surface area (Å²) in [5.41, 5.74) is 6.62. The number of hydrogen-bond acceptors (Lipinski definition) is 2. The van der Waals surface area contributed by atoms with Crippen LogP contribution in [0.25, 0.3) is 0 Å². The Morgan fingerprint density at radius 2 is 2.05 bits per heavy atom. The average molecular weight is 266 g/mol. The highest BCUT2D eigenvalue weighted by Crippen LogP contribution is 2.36. The van der Waals surface area contributed by atoms with Crippen molar-refractivity contribution in [3.63, 3.8) is 0 Å². The van der Waals surface area contributed by atoms with E-state index in [9.17, 15) is 8.78 Å². The first-order chi connectivity index (χ1) is 9.13. The highest BCUT2D eigenvalue weighted by Gasteiger charge is 2.38. The van der Waals surface area contributed by atoms with Crippen molar-refractivity contribution in [1.82, 2.24) is 4.90 Å². The molecule has 0 bridgehead atoms. The van der Waals surface area contributed by atoms with E-state index in [1.807, 2.05) is 0 Å². The van der Waals surface area contributed by atoms with Crippen LogP contribution in [0, 0.1) is 23.5 Å². The van der Waals surface area contributed by atoms with Crippen molar-refractivity contribution in [2.75, 3.05) is 13.1 Å². The molecule has 104 valence electrons. The van der Waals surface area contributed by atoms with E-state index in [1.54, 1.807) is 0 Å². The lowest BCUT2D eigenvalue weighted by molar-refractivity contribution is 0.259. The molecule has 1 aromatic carbocycles. The minimum absolute atomic E-state index is 0.279. The van der Waals surface area contributed by atoms with Gasteiger partial charge in [0.25, 0.3) is 0 Å². The van der Waals surface area contributed by atoms with E-state index in [0.29, 0.717) is 23.9 Å². The molecular weight excluding hydrogens is 246 g/mol. The monoisotopic (exact) mass is 266 g/mol. The van der Waals surface area contributed by atoms with Gasteiger partial charge in [-0.1, -0.05) is 6.42 Å². The standard InChI is InChI=1S/C15H20F2N2/c16-12-4-5-14(17)11(6-12)8-19-7-10-2-1-3-15(18)13(10)9-19/h4-6,10,13,15H,1-3,7-9,18H2. The summed E-state index contributed by atoms with van der Waals surface area (Å²) in [6, 6.07) is 3.95. The highest BCUT2D eigenvalue weighted by atomic mass is 19.1. The summed E-state index contributed by atoms with van der Waals surface area (Å²) in [7, 11) is 0. The van der Waals surface area contributed by atoms with E-state index in [2.05, 4.69) is 4.90 Å². The van der Waals surface area contributed by atoms with Crippen molar-refractivity contribution in [3.8, 4) is 0 Å². The fourth-order valence-corrected chi connectivity index (χ4v) is 3.64. The van der Waals surface area contributed by atoms with Gasteiger partial charge in [0.1, 0.15) is 11.6 Å². The molecule has 2 N–H and O–H groups in total. The topological polar surface area (TPSA) is 29.3 Å². The molecule has 3 unspecified atom stereocenters. The Morgan fingerprint density at radius 3 is 2.84 bits per heavy atom. The van der Waals surface area contributed by atoms with E-state index in [-0.39, 0.29) is 17.7 Å². The maximum absolute atomic E-state index is 13.7. The van der Waals surface area contributed by atoms with Crippen molar-refractivity contribution >= 4 is 0 Å². The molecule has 0 spiro atoms. The van der Waals surface area contributed by atoms with Crippen molar-refractivity contribution in [3.05, 3.63) is 35.4 Å². The molecule has 2 aliphatic rings. The Bertz CT molecular complexity index is 463. The van der Waals surface area contributed by atoms with Crippen LogP contribution in [0.3, 0.4) is 0 Å². The summed E-state index contributed by atoms with van der Waals surface area (Å²) in [6.07, 6.45) is 3.52. The minimum Gasteiger partial charge on any atom is -0.327 e. The molecule has 1 aliphatic heterocycles. The summed E-state index contributed by atoms with van der Waals surface area (Å²) in [5.74, 6) is 0.482. The van der Waals surface area contributed by atoms with E-state index >= 15 is 0 Å². The quantitative estimate of drug-likeness (QED) is 0.891. The van der Waals surface area contributed by atoms with Crippen LogP contribution in [0.5, 0.6) is 0 Å². The van der Waals surface area contributed by atoms with Crippen molar-refractivity contribution in [2.24, 2.45) is 17.6 Å². The van der Waals surface area contributed by atoms with E-state index in [1.165, 1.54) is 31.0 Å². The second-order valence-corrected chi connectivity index (χ2v) is 5.95. The smallest absolute Gasteiger partial charge is 0.127 e. The van der Waals surface area contributed by atoms with Crippen LogP contribution < -0.4 is 5.73 Å². The summed E-state index contributed by atoms with van der Waals surface area (Å²) in [6.45, 7) is 2.37. The average Bonchev–Trinajstić information content (AvgIpc) is 2.78.